The molecular weight excluding hydrogens is 300 g/mol. The second-order valence-electron chi connectivity index (χ2n) is 5.87. The first-order valence-corrected chi connectivity index (χ1v) is 8.46. The molecular formula is C16H34N2O5. The minimum Gasteiger partial charge on any atom is -0.391 e. The van der Waals surface area contributed by atoms with E-state index in [0.29, 0.717) is 6.61 Å². The van der Waals surface area contributed by atoms with Crippen molar-refractivity contribution in [2.24, 2.45) is 5.73 Å². The zero-order chi connectivity index (χ0) is 17.7. The van der Waals surface area contributed by atoms with Gasteiger partial charge in [-0.15, -0.1) is 0 Å². The normalized spacial score (nSPS) is 16.6. The van der Waals surface area contributed by atoms with Crippen LogP contribution >= 0.6 is 0 Å². The van der Waals surface area contributed by atoms with Crippen LogP contribution in [0.2, 0.25) is 0 Å². The highest BCUT2D eigenvalue weighted by Gasteiger charge is 2.23. The molecule has 1 amide bonds. The van der Waals surface area contributed by atoms with Gasteiger partial charge in [-0.25, -0.2) is 0 Å². The van der Waals surface area contributed by atoms with E-state index in [1.807, 2.05) is 0 Å². The maximum Gasteiger partial charge on any atom is 0.217 e. The first kappa shape index (κ1) is 22.3. The average Bonchev–Trinajstić information content (AvgIpc) is 2.50. The van der Waals surface area contributed by atoms with Crippen LogP contribution in [-0.4, -0.2) is 60.4 Å². The van der Waals surface area contributed by atoms with Crippen molar-refractivity contribution >= 4 is 5.91 Å². The molecule has 5 N–H and O–H groups in total. The van der Waals surface area contributed by atoms with Crippen molar-refractivity contribution in [3.05, 3.63) is 0 Å². The quantitative estimate of drug-likeness (QED) is 0.272. The Morgan fingerprint density at radius 2 is 1.74 bits per heavy atom. The number of nitrogens with one attached hydrogen (secondary N) is 1. The van der Waals surface area contributed by atoms with Gasteiger partial charge in [-0.1, -0.05) is 19.3 Å². The van der Waals surface area contributed by atoms with Gasteiger partial charge in [-0.05, 0) is 33.2 Å². The van der Waals surface area contributed by atoms with Crippen LogP contribution in [0, 0.1) is 0 Å². The lowest BCUT2D eigenvalue weighted by Crippen LogP contribution is -2.42. The van der Waals surface area contributed by atoms with E-state index in [1.165, 1.54) is 13.8 Å². The fourth-order valence-corrected chi connectivity index (χ4v) is 2.08. The molecule has 7 nitrogen and oxygen atoms in total. The first-order chi connectivity index (χ1) is 10.9. The van der Waals surface area contributed by atoms with E-state index in [4.69, 9.17) is 15.2 Å². The zero-order valence-electron chi connectivity index (χ0n) is 14.7. The summed E-state index contributed by atoms with van der Waals surface area (Å²) >= 11 is 0. The molecule has 0 aliphatic carbocycles. The Hall–Kier alpha value is -0.730. The number of ether oxygens (including phenoxy) is 2. The third-order valence-corrected chi connectivity index (χ3v) is 3.51. The molecule has 138 valence electrons. The van der Waals surface area contributed by atoms with Crippen LogP contribution in [-0.2, 0) is 14.3 Å². The molecule has 0 bridgehead atoms. The van der Waals surface area contributed by atoms with Crippen LogP contribution in [0.15, 0.2) is 0 Å². The van der Waals surface area contributed by atoms with Crippen LogP contribution in [0.1, 0.15) is 52.9 Å². The third-order valence-electron chi connectivity index (χ3n) is 3.51. The number of carbonyl (C=O) groups excluding carboxylic acids is 1. The van der Waals surface area contributed by atoms with E-state index in [1.54, 1.807) is 6.92 Å². The molecule has 0 aromatic rings. The van der Waals surface area contributed by atoms with Crippen LogP contribution < -0.4 is 11.1 Å². The van der Waals surface area contributed by atoms with Crippen molar-refractivity contribution in [3.63, 3.8) is 0 Å². The minimum absolute atomic E-state index is 0.173. The van der Waals surface area contributed by atoms with E-state index in [-0.39, 0.29) is 12.5 Å². The van der Waals surface area contributed by atoms with Gasteiger partial charge < -0.3 is 30.7 Å². The Bertz CT molecular complexity index is 302. The fraction of sp³-hybridized carbons (Fsp3) is 0.938. The van der Waals surface area contributed by atoms with E-state index in [0.717, 1.165) is 38.6 Å². The number of nitrogens with two attached hydrogens (primary N) is 1. The van der Waals surface area contributed by atoms with Crippen LogP contribution in [0.3, 0.4) is 0 Å². The Balaban J connectivity index is 4.11. The Kier molecular flexibility index (Phi) is 13.3. The molecule has 0 fully saturated rings. The molecule has 0 saturated heterocycles. The van der Waals surface area contributed by atoms with Crippen molar-refractivity contribution < 1.29 is 24.5 Å². The maximum absolute atomic E-state index is 11.0. The highest BCUT2D eigenvalue weighted by molar-refractivity contribution is 5.72. The molecule has 0 radical (unpaired) electrons. The first-order valence-electron chi connectivity index (χ1n) is 8.46. The smallest absolute Gasteiger partial charge is 0.217 e. The van der Waals surface area contributed by atoms with Crippen molar-refractivity contribution in [2.45, 2.75) is 77.5 Å². The number of carbonyl (C=O) groups is 1. The van der Waals surface area contributed by atoms with Gasteiger partial charge in [0.25, 0.3) is 0 Å². The number of hydrogen-bond donors (Lipinski definition) is 4. The summed E-state index contributed by atoms with van der Waals surface area (Å²) in [4.78, 5) is 11.0. The Morgan fingerprint density at radius 1 is 1.13 bits per heavy atom. The molecule has 0 aromatic heterocycles. The summed E-state index contributed by atoms with van der Waals surface area (Å²) in [5.74, 6) is -0.173. The Labute approximate surface area is 139 Å². The van der Waals surface area contributed by atoms with E-state index in [2.05, 4.69) is 5.32 Å². The molecule has 0 saturated carbocycles. The predicted octanol–water partition coefficient (Wildman–Crippen LogP) is 0.521. The van der Waals surface area contributed by atoms with Gasteiger partial charge in [0.15, 0.2) is 6.29 Å². The van der Waals surface area contributed by atoms with Gasteiger partial charge >= 0.3 is 0 Å². The van der Waals surface area contributed by atoms with Gasteiger partial charge in [0.05, 0.1) is 18.8 Å². The monoisotopic (exact) mass is 334 g/mol. The lowest BCUT2D eigenvalue weighted by molar-refractivity contribution is -0.195. The number of amides is 1. The van der Waals surface area contributed by atoms with Crippen LogP contribution in [0.5, 0.6) is 0 Å². The molecule has 0 spiro atoms. The molecule has 2 unspecified atom stereocenters. The molecule has 0 aliphatic heterocycles. The second-order valence-corrected chi connectivity index (χ2v) is 5.87. The number of hydrogen-bond acceptors (Lipinski definition) is 6. The van der Waals surface area contributed by atoms with Crippen LogP contribution in [0.25, 0.3) is 0 Å². The lowest BCUT2D eigenvalue weighted by Gasteiger charge is -2.27. The van der Waals surface area contributed by atoms with Gasteiger partial charge in [-0.3, -0.25) is 4.79 Å². The summed E-state index contributed by atoms with van der Waals surface area (Å²) in [5, 5.41) is 21.8. The molecule has 4 atom stereocenters. The number of aliphatic hydroxyl groups is 2. The van der Waals surface area contributed by atoms with E-state index < -0.39 is 24.6 Å². The summed E-state index contributed by atoms with van der Waals surface area (Å²) < 4.78 is 11.3. The molecule has 0 rings (SSSR count). The Morgan fingerprint density at radius 3 is 2.30 bits per heavy atom. The lowest BCUT2D eigenvalue weighted by atomic mass is 10.1. The van der Waals surface area contributed by atoms with Crippen molar-refractivity contribution in [2.75, 3.05) is 19.7 Å². The van der Waals surface area contributed by atoms with Crippen molar-refractivity contribution in [1.82, 2.24) is 5.32 Å². The van der Waals surface area contributed by atoms with E-state index >= 15 is 0 Å². The van der Waals surface area contributed by atoms with Gasteiger partial charge in [0.2, 0.25) is 5.91 Å². The maximum atomic E-state index is 11.0. The van der Waals surface area contributed by atoms with Crippen molar-refractivity contribution in [1.29, 1.82) is 0 Å². The predicted molar refractivity (Wildman–Crippen MR) is 88.8 cm³/mol. The summed E-state index contributed by atoms with van der Waals surface area (Å²) in [5.41, 5.74) is 5.44. The third kappa shape index (κ3) is 12.4. The topological polar surface area (TPSA) is 114 Å². The molecule has 0 heterocycles. The molecule has 0 aromatic carbocycles. The SMILES string of the molecule is CC(=O)NC[C@H](OCCCCCCCN)OC(C)[C@@H](O)C(C)O. The number of rotatable bonds is 14. The summed E-state index contributed by atoms with van der Waals surface area (Å²) in [6.07, 6.45) is 2.10. The summed E-state index contributed by atoms with van der Waals surface area (Å²) in [6.45, 7) is 6.03. The highest BCUT2D eigenvalue weighted by atomic mass is 16.7. The number of unbranched alkanes of at least 4 members (excludes halogenated alkanes) is 4. The molecule has 0 aliphatic rings. The molecule has 23 heavy (non-hydrogen) atoms. The standard InChI is InChI=1S/C16H34N2O5/c1-12(19)16(21)13(2)23-15(11-18-14(3)20)22-10-8-6-4-5-7-9-17/h12-13,15-16,19,21H,4-11,17H2,1-3H3,(H,18,20)/t12?,13?,15-,16+/m1/s1. The summed E-state index contributed by atoms with van der Waals surface area (Å²) in [6, 6.07) is 0. The van der Waals surface area contributed by atoms with Gasteiger partial charge in [0.1, 0.15) is 6.10 Å². The second kappa shape index (κ2) is 13.7. The zero-order valence-corrected chi connectivity index (χ0v) is 14.7. The van der Waals surface area contributed by atoms with Crippen LogP contribution in [0.4, 0.5) is 0 Å². The number of aliphatic hydroxyl groups excluding tert-OH is 2. The summed E-state index contributed by atoms with van der Waals surface area (Å²) in [7, 11) is 0. The van der Waals surface area contributed by atoms with Gasteiger partial charge in [-0.2, -0.15) is 0 Å². The van der Waals surface area contributed by atoms with Gasteiger partial charge in [0, 0.05) is 13.5 Å². The highest BCUT2D eigenvalue weighted by Crippen LogP contribution is 2.09. The largest absolute Gasteiger partial charge is 0.391 e. The minimum atomic E-state index is -1.00. The van der Waals surface area contributed by atoms with Crippen molar-refractivity contribution in [3.8, 4) is 0 Å². The van der Waals surface area contributed by atoms with E-state index in [9.17, 15) is 15.0 Å². The average molecular weight is 334 g/mol. The molecule has 7 heteroatoms. The fourth-order valence-electron chi connectivity index (χ4n) is 2.08.